The summed E-state index contributed by atoms with van der Waals surface area (Å²) in [6, 6.07) is 0. The summed E-state index contributed by atoms with van der Waals surface area (Å²) >= 11 is 0. The lowest BCUT2D eigenvalue weighted by atomic mass is 9.86. The number of allylic oxidation sites excluding steroid dienone is 1. The molecule has 1 nitrogen and oxygen atoms in total. The normalized spacial score (nSPS) is 41.1. The Bertz CT molecular complexity index is 267. The van der Waals surface area contributed by atoms with Crippen molar-refractivity contribution in [1.29, 1.82) is 0 Å². The molecule has 0 aliphatic heterocycles. The van der Waals surface area contributed by atoms with Gasteiger partial charge in [-0.1, -0.05) is 32.4 Å². The topological polar surface area (TPSA) is 3.24 Å². The highest BCUT2D eigenvalue weighted by Crippen LogP contribution is 2.71. The second-order valence-electron chi connectivity index (χ2n) is 5.19. The number of hydrogen-bond donors (Lipinski definition) is 0. The molecule has 0 saturated heterocycles. The fourth-order valence-electron chi connectivity index (χ4n) is 4.35. The molecule has 88 valence electrons. The molecular formula is C14H27N. The third kappa shape index (κ3) is 1.25. The molecule has 0 aromatic carbocycles. The fraction of sp³-hybridized carbons (Fsp3) is 0.857. The second-order valence-corrected chi connectivity index (χ2v) is 5.19. The summed E-state index contributed by atoms with van der Waals surface area (Å²) in [5, 5.41) is 0. The average Bonchev–Trinajstić information content (AvgIpc) is 2.78. The van der Waals surface area contributed by atoms with Crippen molar-refractivity contribution in [2.75, 3.05) is 14.1 Å². The van der Waals surface area contributed by atoms with Crippen molar-refractivity contribution in [3.8, 4) is 0 Å². The Morgan fingerprint density at radius 1 is 1.27 bits per heavy atom. The average molecular weight is 209 g/mol. The maximum Gasteiger partial charge on any atom is 0.0331 e. The van der Waals surface area contributed by atoms with E-state index in [0.29, 0.717) is 11.0 Å². The third-order valence-electron chi connectivity index (χ3n) is 5.18. The Labute approximate surface area is 95.5 Å². The van der Waals surface area contributed by atoms with Crippen LogP contribution in [0.15, 0.2) is 11.6 Å². The van der Waals surface area contributed by atoms with E-state index >= 15 is 0 Å². The summed E-state index contributed by atoms with van der Waals surface area (Å²) in [5.74, 6) is 0.784. The summed E-state index contributed by atoms with van der Waals surface area (Å²) in [5.41, 5.74) is 2.41. The van der Waals surface area contributed by atoms with E-state index in [2.05, 4.69) is 59.7 Å². The summed E-state index contributed by atoms with van der Waals surface area (Å²) in [6.45, 7) is 11.6. The lowest BCUT2D eigenvalue weighted by Gasteiger charge is -2.31. The third-order valence-corrected chi connectivity index (χ3v) is 5.18. The molecule has 1 rings (SSSR count). The monoisotopic (exact) mass is 209 g/mol. The van der Waals surface area contributed by atoms with Crippen molar-refractivity contribution in [3.05, 3.63) is 11.6 Å². The largest absolute Gasteiger partial charge is 0.303 e. The summed E-state index contributed by atoms with van der Waals surface area (Å²) in [4.78, 5) is 2.45. The van der Waals surface area contributed by atoms with E-state index in [4.69, 9.17) is 0 Å². The van der Waals surface area contributed by atoms with Gasteiger partial charge in [-0.3, -0.25) is 0 Å². The van der Waals surface area contributed by atoms with E-state index in [9.17, 15) is 0 Å². The predicted molar refractivity (Wildman–Crippen MR) is 68.0 cm³/mol. The summed E-state index contributed by atoms with van der Waals surface area (Å²) < 4.78 is 0. The highest BCUT2D eigenvalue weighted by Gasteiger charge is 2.73. The zero-order chi connectivity index (χ0) is 11.9. The van der Waals surface area contributed by atoms with Crippen molar-refractivity contribution in [2.24, 2.45) is 11.3 Å². The molecule has 0 heterocycles. The molecule has 1 aliphatic carbocycles. The lowest BCUT2D eigenvalue weighted by Crippen LogP contribution is -2.36. The molecule has 3 unspecified atom stereocenters. The van der Waals surface area contributed by atoms with Crippen LogP contribution < -0.4 is 0 Å². The van der Waals surface area contributed by atoms with Crippen molar-refractivity contribution >= 4 is 0 Å². The van der Waals surface area contributed by atoms with E-state index in [-0.39, 0.29) is 0 Å². The zero-order valence-corrected chi connectivity index (χ0v) is 11.5. The maximum absolute atomic E-state index is 2.45. The van der Waals surface area contributed by atoms with Crippen molar-refractivity contribution in [1.82, 2.24) is 4.90 Å². The molecule has 0 aromatic rings. The minimum atomic E-state index is 0.401. The fourth-order valence-corrected chi connectivity index (χ4v) is 4.35. The smallest absolute Gasteiger partial charge is 0.0331 e. The first kappa shape index (κ1) is 12.8. The lowest BCUT2D eigenvalue weighted by molar-refractivity contribution is 0.205. The van der Waals surface area contributed by atoms with Gasteiger partial charge < -0.3 is 4.90 Å². The number of hydrogen-bond acceptors (Lipinski definition) is 1. The van der Waals surface area contributed by atoms with Gasteiger partial charge in [0.15, 0.2) is 0 Å². The van der Waals surface area contributed by atoms with Crippen LogP contribution in [0.5, 0.6) is 0 Å². The van der Waals surface area contributed by atoms with Crippen molar-refractivity contribution in [2.45, 2.75) is 53.0 Å². The highest BCUT2D eigenvalue weighted by molar-refractivity contribution is 5.37. The molecule has 1 heteroatoms. The van der Waals surface area contributed by atoms with Crippen LogP contribution in [-0.2, 0) is 0 Å². The van der Waals surface area contributed by atoms with Gasteiger partial charge in [0.05, 0.1) is 0 Å². The van der Waals surface area contributed by atoms with Gasteiger partial charge >= 0.3 is 0 Å². The maximum atomic E-state index is 2.45. The quantitative estimate of drug-likeness (QED) is 0.638. The van der Waals surface area contributed by atoms with E-state index in [1.165, 1.54) is 12.8 Å². The summed E-state index contributed by atoms with van der Waals surface area (Å²) in [7, 11) is 4.47. The minimum absolute atomic E-state index is 0.401. The van der Waals surface area contributed by atoms with Crippen molar-refractivity contribution in [3.63, 3.8) is 0 Å². The van der Waals surface area contributed by atoms with Crippen LogP contribution in [0.4, 0.5) is 0 Å². The SMILES string of the molecule is CC=C(C)C1(CC)C(C)C1(CC)N(C)C. The first-order chi connectivity index (χ1) is 6.95. The van der Waals surface area contributed by atoms with Gasteiger partial charge in [-0.15, -0.1) is 0 Å². The molecule has 0 amide bonds. The van der Waals surface area contributed by atoms with Crippen LogP contribution in [0.2, 0.25) is 0 Å². The van der Waals surface area contributed by atoms with E-state index in [1.807, 2.05) is 0 Å². The Hall–Kier alpha value is -0.300. The molecule has 0 radical (unpaired) electrons. The number of nitrogens with zero attached hydrogens (tertiary/aromatic N) is 1. The molecule has 15 heavy (non-hydrogen) atoms. The zero-order valence-electron chi connectivity index (χ0n) is 11.5. The number of rotatable bonds is 4. The van der Waals surface area contributed by atoms with E-state index < -0.39 is 0 Å². The van der Waals surface area contributed by atoms with Gasteiger partial charge in [-0.05, 0) is 46.7 Å². The van der Waals surface area contributed by atoms with Crippen LogP contribution in [0, 0.1) is 11.3 Å². The Morgan fingerprint density at radius 3 is 2.00 bits per heavy atom. The van der Waals surface area contributed by atoms with Gasteiger partial charge in [-0.2, -0.15) is 0 Å². The van der Waals surface area contributed by atoms with Crippen LogP contribution in [0.25, 0.3) is 0 Å². The second kappa shape index (κ2) is 3.93. The molecule has 1 saturated carbocycles. The van der Waals surface area contributed by atoms with E-state index in [0.717, 1.165) is 5.92 Å². The molecule has 0 aromatic heterocycles. The van der Waals surface area contributed by atoms with Crippen LogP contribution >= 0.6 is 0 Å². The molecule has 0 bridgehead atoms. The van der Waals surface area contributed by atoms with Crippen LogP contribution in [-0.4, -0.2) is 24.5 Å². The predicted octanol–water partition coefficient (Wildman–Crippen LogP) is 3.71. The molecular weight excluding hydrogens is 182 g/mol. The van der Waals surface area contributed by atoms with Gasteiger partial charge in [0, 0.05) is 11.0 Å². The first-order valence-corrected chi connectivity index (χ1v) is 6.26. The van der Waals surface area contributed by atoms with Gasteiger partial charge in [-0.25, -0.2) is 0 Å². The Morgan fingerprint density at radius 2 is 1.80 bits per heavy atom. The molecule has 0 spiro atoms. The molecule has 1 fully saturated rings. The van der Waals surface area contributed by atoms with Gasteiger partial charge in [0.25, 0.3) is 0 Å². The molecule has 1 aliphatic rings. The summed E-state index contributed by atoms with van der Waals surface area (Å²) in [6.07, 6.45) is 4.82. The Balaban J connectivity index is 3.16. The molecule has 0 N–H and O–H groups in total. The first-order valence-electron chi connectivity index (χ1n) is 6.26. The van der Waals surface area contributed by atoms with Gasteiger partial charge in [0.2, 0.25) is 0 Å². The van der Waals surface area contributed by atoms with E-state index in [1.54, 1.807) is 5.57 Å². The van der Waals surface area contributed by atoms with Gasteiger partial charge in [0.1, 0.15) is 0 Å². The standard InChI is InChI=1S/C14H27N/c1-8-11(4)13(9-2)12(5)14(13,10-3)15(6)7/h8,12H,9-10H2,1-7H3. The highest BCUT2D eigenvalue weighted by atomic mass is 15.2. The van der Waals surface area contributed by atoms with Crippen LogP contribution in [0.3, 0.4) is 0 Å². The van der Waals surface area contributed by atoms with Crippen LogP contribution in [0.1, 0.15) is 47.5 Å². The minimum Gasteiger partial charge on any atom is -0.303 e. The molecule has 3 atom stereocenters. The Kier molecular flexibility index (Phi) is 3.35. The van der Waals surface area contributed by atoms with Crippen molar-refractivity contribution < 1.29 is 0 Å².